The van der Waals surface area contributed by atoms with Crippen molar-refractivity contribution in [1.82, 2.24) is 4.90 Å². The molecule has 4 rings (SSSR count). The molecule has 0 aromatic heterocycles. The average molecular weight is 438 g/mol. The summed E-state index contributed by atoms with van der Waals surface area (Å²) in [7, 11) is 1.31. The fraction of sp³-hybridized carbons (Fsp3) is 0.708. The summed E-state index contributed by atoms with van der Waals surface area (Å²) in [4.78, 5) is 23.7. The maximum Gasteiger partial charge on any atom is 0.228 e. The molecule has 1 heterocycles. The number of benzene rings is 1. The molecular formula is C24H33F2NO4. The number of carbonyl (C=O) groups excluding carboxylic acids is 1. The third-order valence-electron chi connectivity index (χ3n) is 7.52. The van der Waals surface area contributed by atoms with Crippen molar-refractivity contribution in [3.63, 3.8) is 0 Å². The topological polar surface area (TPSA) is 48.0 Å². The summed E-state index contributed by atoms with van der Waals surface area (Å²) in [5.41, 5.74) is 0.445. The van der Waals surface area contributed by atoms with Crippen molar-refractivity contribution in [3.8, 4) is 5.75 Å². The zero-order chi connectivity index (χ0) is 22.1. The fourth-order valence-electron chi connectivity index (χ4n) is 5.21. The molecule has 1 saturated heterocycles. The Balaban J connectivity index is 1.14. The SMILES string of the molecule is COOCc1cc(F)c(OCCCC2CC3(CCN(C(=O)C4(C)CC4)CC3)C2)cc1F. The molecule has 0 radical (unpaired) electrons. The number of nitrogens with zero attached hydrogens (tertiary/aromatic N) is 1. The molecule has 1 aromatic carbocycles. The number of carbonyl (C=O) groups is 1. The highest BCUT2D eigenvalue weighted by Gasteiger charge is 2.50. The Kier molecular flexibility index (Phi) is 6.54. The number of ether oxygens (including phenoxy) is 1. The minimum Gasteiger partial charge on any atom is -0.490 e. The van der Waals surface area contributed by atoms with Gasteiger partial charge in [0.05, 0.1) is 13.7 Å². The van der Waals surface area contributed by atoms with Gasteiger partial charge in [0.2, 0.25) is 5.91 Å². The summed E-state index contributed by atoms with van der Waals surface area (Å²) in [6.45, 7) is 4.11. The second kappa shape index (κ2) is 9.02. The predicted octanol–water partition coefficient (Wildman–Crippen LogP) is 5.02. The molecule has 1 aliphatic heterocycles. The van der Waals surface area contributed by atoms with Gasteiger partial charge in [-0.2, -0.15) is 0 Å². The predicted molar refractivity (Wildman–Crippen MR) is 111 cm³/mol. The van der Waals surface area contributed by atoms with Crippen molar-refractivity contribution in [2.24, 2.45) is 16.7 Å². The van der Waals surface area contributed by atoms with Crippen LogP contribution in [0.5, 0.6) is 5.75 Å². The lowest BCUT2D eigenvalue weighted by Crippen LogP contribution is -2.50. The van der Waals surface area contributed by atoms with Gasteiger partial charge in [-0.25, -0.2) is 18.6 Å². The number of halogens is 2. The molecule has 2 aliphatic carbocycles. The van der Waals surface area contributed by atoms with Crippen LogP contribution in [0.15, 0.2) is 12.1 Å². The first-order valence-corrected chi connectivity index (χ1v) is 11.4. The molecule has 0 N–H and O–H groups in total. The Morgan fingerprint density at radius 3 is 2.48 bits per heavy atom. The second-order valence-electron chi connectivity index (χ2n) is 9.92. The van der Waals surface area contributed by atoms with E-state index < -0.39 is 11.6 Å². The minimum absolute atomic E-state index is 0.0624. The van der Waals surface area contributed by atoms with Gasteiger partial charge in [0.15, 0.2) is 11.6 Å². The van der Waals surface area contributed by atoms with Crippen LogP contribution < -0.4 is 4.74 Å². The van der Waals surface area contributed by atoms with Gasteiger partial charge in [0.1, 0.15) is 12.4 Å². The van der Waals surface area contributed by atoms with E-state index in [1.807, 2.05) is 0 Å². The maximum atomic E-state index is 14.1. The van der Waals surface area contributed by atoms with Crippen LogP contribution in [0.2, 0.25) is 0 Å². The standard InChI is InChI=1S/C24H33F2NO4/c1-23(5-6-23)22(28)27-9-7-24(8-10-27)14-17(15-24)4-3-11-30-21-13-19(25)18(12-20(21)26)16-31-29-2/h12-13,17H,3-11,14-16H2,1-2H3. The van der Waals surface area contributed by atoms with Gasteiger partial charge in [0.25, 0.3) is 0 Å². The summed E-state index contributed by atoms with van der Waals surface area (Å²) in [5.74, 6) is -0.208. The zero-order valence-electron chi connectivity index (χ0n) is 18.6. The minimum atomic E-state index is -0.597. The van der Waals surface area contributed by atoms with Gasteiger partial charge >= 0.3 is 0 Å². The molecule has 1 aromatic rings. The first-order chi connectivity index (χ1) is 14.8. The summed E-state index contributed by atoms with van der Waals surface area (Å²) in [6.07, 6.45) is 8.59. The molecule has 31 heavy (non-hydrogen) atoms. The maximum absolute atomic E-state index is 14.1. The highest BCUT2D eigenvalue weighted by Crippen LogP contribution is 2.55. The number of rotatable bonds is 9. The van der Waals surface area contributed by atoms with Gasteiger partial charge in [-0.1, -0.05) is 6.92 Å². The number of amides is 1. The molecule has 172 valence electrons. The summed E-state index contributed by atoms with van der Waals surface area (Å²) in [6, 6.07) is 2.15. The van der Waals surface area contributed by atoms with Crippen molar-refractivity contribution in [2.75, 3.05) is 26.8 Å². The summed E-state index contributed by atoms with van der Waals surface area (Å²) >= 11 is 0. The van der Waals surface area contributed by atoms with Gasteiger partial charge in [-0.15, -0.1) is 0 Å². The van der Waals surface area contributed by atoms with Gasteiger partial charge in [-0.3, -0.25) is 4.79 Å². The van der Waals surface area contributed by atoms with E-state index in [1.165, 1.54) is 20.0 Å². The molecule has 1 spiro atoms. The molecule has 5 nitrogen and oxygen atoms in total. The fourth-order valence-corrected chi connectivity index (χ4v) is 5.21. The van der Waals surface area contributed by atoms with Gasteiger partial charge in [-0.05, 0) is 68.8 Å². The van der Waals surface area contributed by atoms with Crippen LogP contribution in [0.1, 0.15) is 63.9 Å². The Labute approximate surface area is 183 Å². The van der Waals surface area contributed by atoms with Crippen molar-refractivity contribution >= 4 is 5.91 Å². The van der Waals surface area contributed by atoms with Crippen LogP contribution in [0.25, 0.3) is 0 Å². The largest absolute Gasteiger partial charge is 0.490 e. The Hall–Kier alpha value is -1.73. The molecule has 0 bridgehead atoms. The average Bonchev–Trinajstić information content (AvgIpc) is 3.49. The number of hydrogen-bond acceptors (Lipinski definition) is 4. The quantitative estimate of drug-likeness (QED) is 0.309. The second-order valence-corrected chi connectivity index (χ2v) is 9.92. The number of likely N-dealkylation sites (tertiary alicyclic amines) is 1. The smallest absolute Gasteiger partial charge is 0.228 e. The van der Waals surface area contributed by atoms with E-state index in [9.17, 15) is 13.6 Å². The molecule has 2 saturated carbocycles. The summed E-state index contributed by atoms with van der Waals surface area (Å²) in [5, 5.41) is 0. The van der Waals surface area contributed by atoms with Crippen LogP contribution in [-0.4, -0.2) is 37.6 Å². The third kappa shape index (κ3) is 5.03. The Morgan fingerprint density at radius 1 is 1.13 bits per heavy atom. The Morgan fingerprint density at radius 2 is 1.84 bits per heavy atom. The molecule has 0 atom stereocenters. The molecular weight excluding hydrogens is 404 g/mol. The van der Waals surface area contributed by atoms with E-state index in [-0.39, 0.29) is 23.3 Å². The lowest BCUT2D eigenvalue weighted by molar-refractivity contribution is -0.282. The zero-order valence-corrected chi connectivity index (χ0v) is 18.6. The first kappa shape index (κ1) is 22.5. The van der Waals surface area contributed by atoms with E-state index in [0.717, 1.165) is 63.7 Å². The highest BCUT2D eigenvalue weighted by atomic mass is 19.1. The van der Waals surface area contributed by atoms with Crippen molar-refractivity contribution in [3.05, 3.63) is 29.3 Å². The van der Waals surface area contributed by atoms with Crippen LogP contribution in [-0.2, 0) is 21.2 Å². The normalized spacial score (nSPS) is 21.7. The van der Waals surface area contributed by atoms with Gasteiger partial charge in [0, 0.05) is 30.1 Å². The van der Waals surface area contributed by atoms with E-state index in [4.69, 9.17) is 4.74 Å². The van der Waals surface area contributed by atoms with Crippen molar-refractivity contribution in [1.29, 1.82) is 0 Å². The molecule has 3 aliphatic rings. The molecule has 1 amide bonds. The van der Waals surface area contributed by atoms with Crippen molar-refractivity contribution < 1.29 is 28.1 Å². The van der Waals surface area contributed by atoms with Crippen LogP contribution >= 0.6 is 0 Å². The lowest BCUT2D eigenvalue weighted by Gasteiger charge is -2.52. The van der Waals surface area contributed by atoms with Crippen LogP contribution in [0.3, 0.4) is 0 Å². The molecule has 7 heteroatoms. The number of piperidine rings is 1. The monoisotopic (exact) mass is 437 g/mol. The summed E-state index contributed by atoms with van der Waals surface area (Å²) < 4.78 is 33.6. The Bertz CT molecular complexity index is 795. The van der Waals surface area contributed by atoms with E-state index in [1.54, 1.807) is 0 Å². The van der Waals surface area contributed by atoms with Crippen LogP contribution in [0, 0.1) is 28.4 Å². The lowest BCUT2D eigenvalue weighted by atomic mass is 9.56. The van der Waals surface area contributed by atoms with E-state index in [0.29, 0.717) is 23.8 Å². The van der Waals surface area contributed by atoms with Gasteiger partial charge < -0.3 is 9.64 Å². The third-order valence-corrected chi connectivity index (χ3v) is 7.52. The van der Waals surface area contributed by atoms with E-state index in [2.05, 4.69) is 21.6 Å². The number of hydrogen-bond donors (Lipinski definition) is 0. The van der Waals surface area contributed by atoms with Crippen molar-refractivity contribution in [2.45, 2.75) is 64.9 Å². The first-order valence-electron chi connectivity index (χ1n) is 11.4. The molecule has 0 unspecified atom stereocenters. The van der Waals surface area contributed by atoms with Crippen LogP contribution in [0.4, 0.5) is 8.78 Å². The highest BCUT2D eigenvalue weighted by molar-refractivity contribution is 5.85. The molecule has 3 fully saturated rings. The van der Waals surface area contributed by atoms with E-state index >= 15 is 0 Å².